The molecule has 1 amide bonds. The van der Waals surface area contributed by atoms with Gasteiger partial charge in [-0.25, -0.2) is 4.98 Å². The lowest BCUT2D eigenvalue weighted by Crippen LogP contribution is -2.33. The monoisotopic (exact) mass is 272 g/mol. The molecular formula is C15H20N4O. The molecule has 2 rings (SSSR count). The van der Waals surface area contributed by atoms with Gasteiger partial charge in [0, 0.05) is 25.5 Å². The maximum atomic E-state index is 12.6. The number of nitrogens with zero attached hydrogens (tertiary/aromatic N) is 3. The van der Waals surface area contributed by atoms with E-state index in [2.05, 4.69) is 4.98 Å². The van der Waals surface area contributed by atoms with Gasteiger partial charge in [-0.15, -0.1) is 0 Å². The molecule has 0 aliphatic carbocycles. The first kappa shape index (κ1) is 14.3. The molecule has 2 N–H and O–H groups in total. The van der Waals surface area contributed by atoms with Gasteiger partial charge in [0.25, 0.3) is 5.91 Å². The predicted molar refractivity (Wildman–Crippen MR) is 79.7 cm³/mol. The van der Waals surface area contributed by atoms with Gasteiger partial charge in [-0.05, 0) is 37.6 Å². The maximum absolute atomic E-state index is 12.6. The number of rotatable bonds is 5. The minimum atomic E-state index is -0.0929. The van der Waals surface area contributed by atoms with Crippen LogP contribution in [-0.4, -0.2) is 28.5 Å². The molecule has 20 heavy (non-hydrogen) atoms. The van der Waals surface area contributed by atoms with Gasteiger partial charge in [-0.3, -0.25) is 4.79 Å². The number of aromatic nitrogens is 2. The molecule has 0 atom stereocenters. The summed E-state index contributed by atoms with van der Waals surface area (Å²) in [6, 6.07) is 7.89. The quantitative estimate of drug-likeness (QED) is 0.901. The summed E-state index contributed by atoms with van der Waals surface area (Å²) in [5.74, 6) is -0.0929. The Morgan fingerprint density at radius 1 is 1.45 bits per heavy atom. The molecule has 1 heterocycles. The van der Waals surface area contributed by atoms with Gasteiger partial charge in [-0.1, -0.05) is 12.1 Å². The number of carbonyl (C=O) groups excluding carboxylic acids is 1. The van der Waals surface area contributed by atoms with Crippen molar-refractivity contribution in [2.45, 2.75) is 13.3 Å². The highest BCUT2D eigenvalue weighted by atomic mass is 16.2. The van der Waals surface area contributed by atoms with Gasteiger partial charge in [0.1, 0.15) is 5.69 Å². The van der Waals surface area contributed by atoms with Crippen LogP contribution in [0.15, 0.2) is 36.8 Å². The molecule has 1 aromatic heterocycles. The summed E-state index contributed by atoms with van der Waals surface area (Å²) in [7, 11) is 1.85. The number of anilines is 1. The van der Waals surface area contributed by atoms with Crippen LogP contribution in [0.3, 0.4) is 0 Å². The van der Waals surface area contributed by atoms with Crippen LogP contribution in [0.25, 0.3) is 0 Å². The molecule has 5 nitrogen and oxygen atoms in total. The van der Waals surface area contributed by atoms with Crippen molar-refractivity contribution >= 4 is 11.6 Å². The van der Waals surface area contributed by atoms with Gasteiger partial charge in [-0.2, -0.15) is 0 Å². The van der Waals surface area contributed by atoms with Crippen molar-refractivity contribution in [3.05, 3.63) is 48.0 Å². The van der Waals surface area contributed by atoms with Crippen molar-refractivity contribution in [3.8, 4) is 0 Å². The fourth-order valence-electron chi connectivity index (χ4n) is 2.05. The Labute approximate surface area is 119 Å². The zero-order chi connectivity index (χ0) is 14.5. The fraction of sp³-hybridized carbons (Fsp3) is 0.333. The van der Waals surface area contributed by atoms with Crippen LogP contribution in [0.4, 0.5) is 5.69 Å². The van der Waals surface area contributed by atoms with Crippen molar-refractivity contribution in [2.75, 3.05) is 18.0 Å². The van der Waals surface area contributed by atoms with Crippen molar-refractivity contribution in [2.24, 2.45) is 12.8 Å². The molecule has 2 aromatic rings. The van der Waals surface area contributed by atoms with Crippen LogP contribution in [0, 0.1) is 6.92 Å². The van der Waals surface area contributed by atoms with Crippen molar-refractivity contribution in [1.29, 1.82) is 0 Å². The van der Waals surface area contributed by atoms with Gasteiger partial charge in [0.05, 0.1) is 6.33 Å². The Morgan fingerprint density at radius 2 is 2.25 bits per heavy atom. The molecule has 0 bridgehead atoms. The second kappa shape index (κ2) is 6.34. The van der Waals surface area contributed by atoms with Gasteiger partial charge < -0.3 is 15.2 Å². The third kappa shape index (κ3) is 3.24. The third-order valence-corrected chi connectivity index (χ3v) is 3.07. The zero-order valence-electron chi connectivity index (χ0n) is 11.9. The van der Waals surface area contributed by atoms with Crippen molar-refractivity contribution in [1.82, 2.24) is 9.55 Å². The molecule has 0 saturated carbocycles. The largest absolute Gasteiger partial charge is 0.340 e. The normalized spacial score (nSPS) is 10.6. The number of amides is 1. The van der Waals surface area contributed by atoms with Crippen LogP contribution in [-0.2, 0) is 7.05 Å². The lowest BCUT2D eigenvalue weighted by Gasteiger charge is -2.22. The van der Waals surface area contributed by atoms with E-state index in [1.54, 1.807) is 22.0 Å². The number of benzene rings is 1. The van der Waals surface area contributed by atoms with Crippen LogP contribution in [0.5, 0.6) is 0 Å². The predicted octanol–water partition coefficient (Wildman–Crippen LogP) is 1.72. The van der Waals surface area contributed by atoms with Crippen LogP contribution >= 0.6 is 0 Å². The summed E-state index contributed by atoms with van der Waals surface area (Å²) in [6.07, 6.45) is 4.12. The lowest BCUT2D eigenvalue weighted by atomic mass is 10.2. The molecule has 0 saturated heterocycles. The standard InChI is InChI=1S/C15H20N4O/c1-12-5-3-6-13(9-12)19(8-4-7-16)15(20)14-10-18(2)11-17-14/h3,5-6,9-11H,4,7-8,16H2,1-2H3. The summed E-state index contributed by atoms with van der Waals surface area (Å²) in [5.41, 5.74) is 8.02. The van der Waals surface area contributed by atoms with E-state index in [1.807, 2.05) is 38.2 Å². The summed E-state index contributed by atoms with van der Waals surface area (Å²) in [6.45, 7) is 3.16. The number of hydrogen-bond donors (Lipinski definition) is 1. The highest BCUT2D eigenvalue weighted by Crippen LogP contribution is 2.18. The smallest absolute Gasteiger partial charge is 0.278 e. The SMILES string of the molecule is Cc1cccc(N(CCCN)C(=O)c2cn(C)cn2)c1. The number of hydrogen-bond acceptors (Lipinski definition) is 3. The zero-order valence-corrected chi connectivity index (χ0v) is 11.9. The Hall–Kier alpha value is -2.14. The topological polar surface area (TPSA) is 64.2 Å². The average Bonchev–Trinajstić information content (AvgIpc) is 2.86. The van der Waals surface area contributed by atoms with E-state index in [4.69, 9.17) is 5.73 Å². The van der Waals surface area contributed by atoms with E-state index in [0.29, 0.717) is 18.8 Å². The van der Waals surface area contributed by atoms with E-state index in [0.717, 1.165) is 17.7 Å². The van der Waals surface area contributed by atoms with Crippen LogP contribution < -0.4 is 10.6 Å². The van der Waals surface area contributed by atoms with Crippen molar-refractivity contribution < 1.29 is 4.79 Å². The summed E-state index contributed by atoms with van der Waals surface area (Å²) < 4.78 is 1.77. The minimum Gasteiger partial charge on any atom is -0.340 e. The lowest BCUT2D eigenvalue weighted by molar-refractivity contribution is 0.0982. The molecular weight excluding hydrogens is 252 g/mol. The molecule has 0 radical (unpaired) electrons. The highest BCUT2D eigenvalue weighted by Gasteiger charge is 2.19. The molecule has 0 spiro atoms. The number of imidazole rings is 1. The number of aryl methyl sites for hydroxylation is 2. The summed E-state index contributed by atoms with van der Waals surface area (Å²) in [4.78, 5) is 18.5. The van der Waals surface area contributed by atoms with Gasteiger partial charge >= 0.3 is 0 Å². The summed E-state index contributed by atoms with van der Waals surface area (Å²) in [5, 5.41) is 0. The fourth-order valence-corrected chi connectivity index (χ4v) is 2.05. The molecule has 1 aromatic carbocycles. The summed E-state index contributed by atoms with van der Waals surface area (Å²) >= 11 is 0. The molecule has 0 unspecified atom stereocenters. The minimum absolute atomic E-state index is 0.0929. The second-order valence-corrected chi connectivity index (χ2v) is 4.86. The molecule has 0 fully saturated rings. The highest BCUT2D eigenvalue weighted by molar-refractivity contribution is 6.04. The third-order valence-electron chi connectivity index (χ3n) is 3.07. The van der Waals surface area contributed by atoms with Crippen LogP contribution in [0.2, 0.25) is 0 Å². The molecule has 106 valence electrons. The first-order chi connectivity index (χ1) is 9.61. The van der Waals surface area contributed by atoms with E-state index in [9.17, 15) is 4.79 Å². The maximum Gasteiger partial charge on any atom is 0.278 e. The average molecular weight is 272 g/mol. The Balaban J connectivity index is 2.29. The number of carbonyl (C=O) groups is 1. The van der Waals surface area contributed by atoms with E-state index >= 15 is 0 Å². The van der Waals surface area contributed by atoms with E-state index < -0.39 is 0 Å². The van der Waals surface area contributed by atoms with E-state index in [-0.39, 0.29) is 5.91 Å². The molecule has 0 aliphatic heterocycles. The Bertz CT molecular complexity index is 591. The van der Waals surface area contributed by atoms with Gasteiger partial charge in [0.15, 0.2) is 0 Å². The first-order valence-corrected chi connectivity index (χ1v) is 6.68. The Kier molecular flexibility index (Phi) is 4.53. The Morgan fingerprint density at radius 3 is 2.85 bits per heavy atom. The second-order valence-electron chi connectivity index (χ2n) is 4.86. The van der Waals surface area contributed by atoms with Gasteiger partial charge in [0.2, 0.25) is 0 Å². The van der Waals surface area contributed by atoms with Crippen molar-refractivity contribution in [3.63, 3.8) is 0 Å². The van der Waals surface area contributed by atoms with E-state index in [1.165, 1.54) is 0 Å². The molecule has 5 heteroatoms. The molecule has 0 aliphatic rings. The first-order valence-electron chi connectivity index (χ1n) is 6.68. The van der Waals surface area contributed by atoms with Crippen LogP contribution in [0.1, 0.15) is 22.5 Å². The number of nitrogens with two attached hydrogens (primary N) is 1.